The number of carboxylic acids is 1. The monoisotopic (exact) mass is 327 g/mol. The Balaban J connectivity index is 1.62. The van der Waals surface area contributed by atoms with Crippen LogP contribution in [0.5, 0.6) is 0 Å². The van der Waals surface area contributed by atoms with Gasteiger partial charge in [-0.25, -0.2) is 4.68 Å². The number of aromatic nitrogens is 2. The van der Waals surface area contributed by atoms with E-state index >= 15 is 0 Å². The van der Waals surface area contributed by atoms with E-state index in [2.05, 4.69) is 34.3 Å². The fourth-order valence-electron chi connectivity index (χ4n) is 3.16. The molecule has 1 aliphatic heterocycles. The van der Waals surface area contributed by atoms with Crippen LogP contribution in [0.2, 0.25) is 0 Å². The molecule has 1 N–H and O–H groups in total. The third kappa shape index (κ3) is 4.01. The molecule has 2 aromatic rings. The highest BCUT2D eigenvalue weighted by molar-refractivity contribution is 5.66. The zero-order valence-corrected chi connectivity index (χ0v) is 13.5. The second kappa shape index (κ2) is 7.29. The normalized spacial score (nSPS) is 15.4. The van der Waals surface area contributed by atoms with E-state index in [-0.39, 0.29) is 5.56 Å². The molecule has 126 valence electrons. The molecule has 1 aliphatic rings. The SMILES string of the molecule is O=C(O)Cn1nc(N2CCC(Cc3ccccc3)CC2)ccc1=O. The van der Waals surface area contributed by atoms with Gasteiger partial charge >= 0.3 is 5.97 Å². The molecule has 0 atom stereocenters. The van der Waals surface area contributed by atoms with Crippen LogP contribution in [0.4, 0.5) is 5.82 Å². The molecule has 0 radical (unpaired) electrons. The molecule has 6 heteroatoms. The minimum absolute atomic E-state index is 0.389. The van der Waals surface area contributed by atoms with Crippen molar-refractivity contribution >= 4 is 11.8 Å². The maximum atomic E-state index is 11.7. The van der Waals surface area contributed by atoms with Crippen molar-refractivity contribution in [1.82, 2.24) is 9.78 Å². The molecule has 0 spiro atoms. The van der Waals surface area contributed by atoms with Gasteiger partial charge in [-0.05, 0) is 36.8 Å². The summed E-state index contributed by atoms with van der Waals surface area (Å²) in [6.45, 7) is 1.34. The van der Waals surface area contributed by atoms with Gasteiger partial charge in [0.2, 0.25) is 0 Å². The van der Waals surface area contributed by atoms with E-state index in [4.69, 9.17) is 5.11 Å². The van der Waals surface area contributed by atoms with Crippen LogP contribution in [0.1, 0.15) is 18.4 Å². The van der Waals surface area contributed by atoms with Crippen LogP contribution < -0.4 is 10.5 Å². The standard InChI is InChI=1S/C18H21N3O3/c22-17-7-6-16(19-21(17)13-18(23)24)20-10-8-15(9-11-20)12-14-4-2-1-3-5-14/h1-7,15H,8-13H2,(H,23,24). The van der Waals surface area contributed by atoms with Crippen LogP contribution in [0.15, 0.2) is 47.3 Å². The van der Waals surface area contributed by atoms with Crippen molar-refractivity contribution in [2.24, 2.45) is 5.92 Å². The van der Waals surface area contributed by atoms with E-state index in [1.807, 2.05) is 6.07 Å². The van der Waals surface area contributed by atoms with Gasteiger partial charge in [0.05, 0.1) is 0 Å². The molecular weight excluding hydrogens is 306 g/mol. The van der Waals surface area contributed by atoms with E-state index in [0.29, 0.717) is 11.7 Å². The van der Waals surface area contributed by atoms with Gasteiger partial charge in [-0.1, -0.05) is 30.3 Å². The Morgan fingerprint density at radius 2 is 1.83 bits per heavy atom. The Hall–Kier alpha value is -2.63. The Morgan fingerprint density at radius 3 is 2.50 bits per heavy atom. The minimum atomic E-state index is -1.07. The lowest BCUT2D eigenvalue weighted by molar-refractivity contribution is -0.138. The molecule has 1 saturated heterocycles. The molecule has 0 unspecified atom stereocenters. The van der Waals surface area contributed by atoms with Crippen LogP contribution in [0.25, 0.3) is 0 Å². The van der Waals surface area contributed by atoms with E-state index in [1.165, 1.54) is 11.6 Å². The summed E-state index contributed by atoms with van der Waals surface area (Å²) in [6, 6.07) is 13.6. The van der Waals surface area contributed by atoms with Crippen molar-refractivity contribution in [3.8, 4) is 0 Å². The lowest BCUT2D eigenvalue weighted by Crippen LogP contribution is -2.36. The molecule has 1 aromatic carbocycles. The van der Waals surface area contributed by atoms with E-state index in [9.17, 15) is 9.59 Å². The van der Waals surface area contributed by atoms with Crippen molar-refractivity contribution < 1.29 is 9.90 Å². The number of benzene rings is 1. The quantitative estimate of drug-likeness (QED) is 0.906. The Bertz CT molecular complexity index is 750. The van der Waals surface area contributed by atoms with Crippen molar-refractivity contribution in [1.29, 1.82) is 0 Å². The highest BCUT2D eigenvalue weighted by atomic mass is 16.4. The third-order valence-corrected chi connectivity index (χ3v) is 4.44. The summed E-state index contributed by atoms with van der Waals surface area (Å²) in [5.41, 5.74) is 0.976. The number of carbonyl (C=O) groups is 1. The van der Waals surface area contributed by atoms with E-state index < -0.39 is 12.5 Å². The summed E-state index contributed by atoms with van der Waals surface area (Å²) >= 11 is 0. The first kappa shape index (κ1) is 16.2. The molecule has 1 fully saturated rings. The first-order chi connectivity index (χ1) is 11.6. The van der Waals surface area contributed by atoms with Crippen LogP contribution in [0.3, 0.4) is 0 Å². The highest BCUT2D eigenvalue weighted by Crippen LogP contribution is 2.24. The van der Waals surface area contributed by atoms with Crippen LogP contribution in [0, 0.1) is 5.92 Å². The maximum Gasteiger partial charge on any atom is 0.325 e. The van der Waals surface area contributed by atoms with Crippen LogP contribution in [-0.4, -0.2) is 33.9 Å². The predicted octanol–water partition coefficient (Wildman–Crippen LogP) is 1.79. The molecule has 6 nitrogen and oxygen atoms in total. The van der Waals surface area contributed by atoms with Gasteiger partial charge in [0.25, 0.3) is 5.56 Å². The molecule has 0 aliphatic carbocycles. The number of aliphatic carboxylic acids is 1. The van der Waals surface area contributed by atoms with Gasteiger partial charge in [-0.2, -0.15) is 5.10 Å². The molecule has 24 heavy (non-hydrogen) atoms. The van der Waals surface area contributed by atoms with Crippen molar-refractivity contribution in [3.63, 3.8) is 0 Å². The average molecular weight is 327 g/mol. The van der Waals surface area contributed by atoms with Crippen LogP contribution >= 0.6 is 0 Å². The molecule has 3 rings (SSSR count). The first-order valence-electron chi connectivity index (χ1n) is 8.20. The van der Waals surface area contributed by atoms with Crippen LogP contribution in [-0.2, 0) is 17.8 Å². The van der Waals surface area contributed by atoms with Gasteiger partial charge in [0.15, 0.2) is 0 Å². The number of carboxylic acid groups (broad SMARTS) is 1. The van der Waals surface area contributed by atoms with Crippen molar-refractivity contribution in [2.45, 2.75) is 25.8 Å². The number of nitrogens with zero attached hydrogens (tertiary/aromatic N) is 3. The summed E-state index contributed by atoms with van der Waals surface area (Å²) in [4.78, 5) is 24.6. The summed E-state index contributed by atoms with van der Waals surface area (Å²) in [6.07, 6.45) is 3.21. The summed E-state index contributed by atoms with van der Waals surface area (Å²) in [7, 11) is 0. The molecule has 0 saturated carbocycles. The second-order valence-electron chi connectivity index (χ2n) is 6.20. The van der Waals surface area contributed by atoms with Gasteiger partial charge in [0.1, 0.15) is 12.4 Å². The fraction of sp³-hybridized carbons (Fsp3) is 0.389. The van der Waals surface area contributed by atoms with Gasteiger partial charge in [-0.3, -0.25) is 9.59 Å². The summed E-state index contributed by atoms with van der Waals surface area (Å²) in [5, 5.41) is 13.0. The molecule has 1 aromatic heterocycles. The predicted molar refractivity (Wildman–Crippen MR) is 91.2 cm³/mol. The largest absolute Gasteiger partial charge is 0.480 e. The van der Waals surface area contributed by atoms with Gasteiger partial charge < -0.3 is 10.0 Å². The van der Waals surface area contributed by atoms with Gasteiger partial charge in [-0.15, -0.1) is 0 Å². The second-order valence-corrected chi connectivity index (χ2v) is 6.20. The number of piperidine rings is 1. The lowest BCUT2D eigenvalue weighted by atomic mass is 9.90. The lowest BCUT2D eigenvalue weighted by Gasteiger charge is -2.32. The molecular formula is C18H21N3O3. The average Bonchev–Trinajstić information content (AvgIpc) is 2.58. The Labute approximate surface area is 140 Å². The van der Waals surface area contributed by atoms with Crippen molar-refractivity contribution in [3.05, 3.63) is 58.4 Å². The number of rotatable bonds is 5. The first-order valence-corrected chi connectivity index (χ1v) is 8.20. The Kier molecular flexibility index (Phi) is 4.93. The Morgan fingerprint density at radius 1 is 1.12 bits per heavy atom. The third-order valence-electron chi connectivity index (χ3n) is 4.44. The fourth-order valence-corrected chi connectivity index (χ4v) is 3.16. The zero-order valence-electron chi connectivity index (χ0n) is 13.5. The molecule has 0 bridgehead atoms. The van der Waals surface area contributed by atoms with Crippen molar-refractivity contribution in [2.75, 3.05) is 18.0 Å². The van der Waals surface area contributed by atoms with E-state index in [1.54, 1.807) is 6.07 Å². The number of anilines is 1. The summed E-state index contributed by atoms with van der Waals surface area (Å²) < 4.78 is 1.01. The maximum absolute atomic E-state index is 11.7. The minimum Gasteiger partial charge on any atom is -0.480 e. The zero-order chi connectivity index (χ0) is 16.9. The molecule has 0 amide bonds. The van der Waals surface area contributed by atoms with E-state index in [0.717, 1.165) is 37.0 Å². The topological polar surface area (TPSA) is 75.4 Å². The smallest absolute Gasteiger partial charge is 0.325 e. The molecule has 2 heterocycles. The number of hydrogen-bond donors (Lipinski definition) is 1. The summed E-state index contributed by atoms with van der Waals surface area (Å²) in [5.74, 6) is 0.255. The highest BCUT2D eigenvalue weighted by Gasteiger charge is 2.21. The number of hydrogen-bond acceptors (Lipinski definition) is 4. The van der Waals surface area contributed by atoms with Gasteiger partial charge in [0, 0.05) is 19.2 Å².